The number of fused-ring (bicyclic) bond motifs is 4. The summed E-state index contributed by atoms with van der Waals surface area (Å²) < 4.78 is 5.83. The van der Waals surface area contributed by atoms with Crippen LogP contribution in [0.1, 0.15) is 25.5 Å². The van der Waals surface area contributed by atoms with Crippen LogP contribution in [0.3, 0.4) is 0 Å². The molecule has 8 heteroatoms. The summed E-state index contributed by atoms with van der Waals surface area (Å²) in [5.41, 5.74) is -0.648. The molecule has 7 nitrogen and oxygen atoms in total. The van der Waals surface area contributed by atoms with Crippen molar-refractivity contribution in [3.8, 4) is 5.75 Å². The van der Waals surface area contributed by atoms with Crippen molar-refractivity contribution in [3.63, 3.8) is 0 Å². The topological polar surface area (TPSA) is 93.5 Å². The molecule has 3 rings (SSSR count). The zero-order chi connectivity index (χ0) is 15.4. The maximum absolute atomic E-state index is 12.0. The molecule has 1 saturated heterocycles. The van der Waals surface area contributed by atoms with Crippen molar-refractivity contribution in [1.29, 1.82) is 0 Å². The van der Waals surface area contributed by atoms with Crippen LogP contribution in [0, 0.1) is 16.0 Å². The standard InChI is InChI=1S/C13H13N3O4S/c1-6(17)9-10-7-4-3-5-8(16(18)19)11(7)20-13(9,2)15-12(21)14-10/h3-5,9-10H,1-2H3,(H2,14,15,21). The van der Waals surface area contributed by atoms with Gasteiger partial charge in [0.2, 0.25) is 5.75 Å². The predicted octanol–water partition coefficient (Wildman–Crippen LogP) is 1.43. The molecule has 2 bridgehead atoms. The summed E-state index contributed by atoms with van der Waals surface area (Å²) in [4.78, 5) is 22.7. The first kappa shape index (κ1) is 13.7. The summed E-state index contributed by atoms with van der Waals surface area (Å²) in [6, 6.07) is 4.23. The Balaban J connectivity index is 2.23. The zero-order valence-electron chi connectivity index (χ0n) is 11.4. The van der Waals surface area contributed by atoms with Gasteiger partial charge in [0.25, 0.3) is 0 Å². The first-order valence-electron chi connectivity index (χ1n) is 6.39. The molecule has 0 spiro atoms. The van der Waals surface area contributed by atoms with Gasteiger partial charge >= 0.3 is 5.69 Å². The van der Waals surface area contributed by atoms with Gasteiger partial charge < -0.3 is 15.4 Å². The van der Waals surface area contributed by atoms with Crippen molar-refractivity contribution in [2.24, 2.45) is 5.92 Å². The smallest absolute Gasteiger partial charge is 0.311 e. The SMILES string of the molecule is CC(=O)C1C2NC(=S)NC1(C)Oc1c2cccc1[N+](=O)[O-]. The molecule has 2 heterocycles. The van der Waals surface area contributed by atoms with Crippen molar-refractivity contribution in [2.75, 3.05) is 0 Å². The molecule has 0 saturated carbocycles. The first-order valence-corrected chi connectivity index (χ1v) is 6.80. The zero-order valence-corrected chi connectivity index (χ0v) is 12.2. The fraction of sp³-hybridized carbons (Fsp3) is 0.385. The second kappa shape index (κ2) is 4.39. The number of thiocarbonyl (C=S) groups is 1. The van der Waals surface area contributed by atoms with Crippen molar-refractivity contribution in [3.05, 3.63) is 33.9 Å². The highest BCUT2D eigenvalue weighted by Crippen LogP contribution is 2.48. The first-order chi connectivity index (χ1) is 9.83. The molecule has 2 N–H and O–H groups in total. The van der Waals surface area contributed by atoms with Gasteiger partial charge in [-0.25, -0.2) is 0 Å². The van der Waals surface area contributed by atoms with Gasteiger partial charge in [0.1, 0.15) is 11.7 Å². The van der Waals surface area contributed by atoms with Crippen LogP contribution in [0.25, 0.3) is 0 Å². The molecule has 1 aromatic rings. The third-order valence-corrected chi connectivity index (χ3v) is 4.10. The van der Waals surface area contributed by atoms with Gasteiger partial charge in [0.15, 0.2) is 10.8 Å². The number of ketones is 1. The number of rotatable bonds is 2. The van der Waals surface area contributed by atoms with Crippen LogP contribution in [-0.4, -0.2) is 21.5 Å². The monoisotopic (exact) mass is 307 g/mol. The van der Waals surface area contributed by atoms with E-state index in [9.17, 15) is 14.9 Å². The molecule has 2 aliphatic heterocycles. The van der Waals surface area contributed by atoms with E-state index >= 15 is 0 Å². The molecule has 0 aromatic heterocycles. The molecule has 110 valence electrons. The number of nitrogens with one attached hydrogen (secondary N) is 2. The third kappa shape index (κ3) is 1.94. The Morgan fingerprint density at radius 3 is 2.86 bits per heavy atom. The molecule has 1 aromatic carbocycles. The average Bonchev–Trinajstić information content (AvgIpc) is 2.35. The normalized spacial score (nSPS) is 29.5. The molecule has 1 fully saturated rings. The summed E-state index contributed by atoms with van der Waals surface area (Å²) in [5.74, 6) is -0.434. The van der Waals surface area contributed by atoms with Gasteiger partial charge in [-0.05, 0) is 26.1 Å². The fourth-order valence-corrected chi connectivity index (χ4v) is 3.43. The second-order valence-corrected chi connectivity index (χ2v) is 5.73. The second-order valence-electron chi connectivity index (χ2n) is 5.33. The lowest BCUT2D eigenvalue weighted by atomic mass is 9.78. The largest absolute Gasteiger partial charge is 0.460 e. The molecular weight excluding hydrogens is 294 g/mol. The van der Waals surface area contributed by atoms with Crippen LogP contribution in [-0.2, 0) is 4.79 Å². The van der Waals surface area contributed by atoms with Gasteiger partial charge in [0, 0.05) is 11.6 Å². The predicted molar refractivity (Wildman–Crippen MR) is 77.9 cm³/mol. The molecule has 2 aliphatic rings. The van der Waals surface area contributed by atoms with E-state index in [2.05, 4.69) is 10.6 Å². The minimum Gasteiger partial charge on any atom is -0.460 e. The minimum atomic E-state index is -1.10. The Kier molecular flexibility index (Phi) is 2.87. The average molecular weight is 307 g/mol. The van der Waals surface area contributed by atoms with E-state index in [1.807, 2.05) is 0 Å². The van der Waals surface area contributed by atoms with Gasteiger partial charge in [0.05, 0.1) is 11.0 Å². The van der Waals surface area contributed by atoms with E-state index in [0.29, 0.717) is 10.7 Å². The maximum Gasteiger partial charge on any atom is 0.311 e. The number of Topliss-reactive ketones (excluding diaryl/α,β-unsaturated/α-hetero) is 1. The van der Waals surface area contributed by atoms with E-state index in [1.54, 1.807) is 19.1 Å². The minimum absolute atomic E-state index is 0.0813. The van der Waals surface area contributed by atoms with E-state index < -0.39 is 22.6 Å². The van der Waals surface area contributed by atoms with Crippen LogP contribution in [0.4, 0.5) is 5.69 Å². The summed E-state index contributed by atoms with van der Waals surface area (Å²) in [7, 11) is 0. The van der Waals surface area contributed by atoms with Crippen LogP contribution in [0.2, 0.25) is 0 Å². The Labute approximate surface area is 125 Å². The summed E-state index contributed by atoms with van der Waals surface area (Å²) in [6.45, 7) is 3.15. The van der Waals surface area contributed by atoms with Gasteiger partial charge in [-0.3, -0.25) is 14.9 Å². The summed E-state index contributed by atoms with van der Waals surface area (Å²) in [6.07, 6.45) is 0. The van der Waals surface area contributed by atoms with Crippen molar-refractivity contribution < 1.29 is 14.5 Å². The van der Waals surface area contributed by atoms with Crippen molar-refractivity contribution in [1.82, 2.24) is 10.6 Å². The Morgan fingerprint density at radius 1 is 1.52 bits per heavy atom. The third-order valence-electron chi connectivity index (χ3n) is 3.88. The van der Waals surface area contributed by atoms with Crippen LogP contribution < -0.4 is 15.4 Å². The van der Waals surface area contributed by atoms with E-state index in [0.717, 1.165) is 0 Å². The van der Waals surface area contributed by atoms with Crippen molar-refractivity contribution in [2.45, 2.75) is 25.6 Å². The number of hydrogen-bond donors (Lipinski definition) is 2. The van der Waals surface area contributed by atoms with E-state index in [-0.39, 0.29) is 17.2 Å². The lowest BCUT2D eigenvalue weighted by molar-refractivity contribution is -0.386. The molecule has 0 radical (unpaired) electrons. The highest BCUT2D eigenvalue weighted by atomic mass is 32.1. The molecule has 0 aliphatic carbocycles. The number of para-hydroxylation sites is 1. The number of carbonyl (C=O) groups is 1. The Morgan fingerprint density at radius 2 is 2.24 bits per heavy atom. The highest BCUT2D eigenvalue weighted by molar-refractivity contribution is 7.80. The number of nitro benzene ring substituents is 1. The van der Waals surface area contributed by atoms with E-state index in [1.165, 1.54) is 13.0 Å². The molecule has 21 heavy (non-hydrogen) atoms. The molecule has 3 unspecified atom stereocenters. The fourth-order valence-electron chi connectivity index (χ4n) is 3.10. The number of benzene rings is 1. The lowest BCUT2D eigenvalue weighted by Crippen LogP contribution is -2.69. The number of nitrogens with zero attached hydrogens (tertiary/aromatic N) is 1. The van der Waals surface area contributed by atoms with Gasteiger partial charge in [-0.15, -0.1) is 0 Å². The quantitative estimate of drug-likeness (QED) is 0.485. The lowest BCUT2D eigenvalue weighted by Gasteiger charge is -2.50. The number of hydrogen-bond acceptors (Lipinski definition) is 5. The van der Waals surface area contributed by atoms with Gasteiger partial charge in [-0.2, -0.15) is 0 Å². The number of nitro groups is 1. The van der Waals surface area contributed by atoms with Crippen molar-refractivity contribution >= 4 is 28.8 Å². The van der Waals surface area contributed by atoms with Crippen LogP contribution >= 0.6 is 12.2 Å². The van der Waals surface area contributed by atoms with E-state index in [4.69, 9.17) is 17.0 Å². The molecule has 0 amide bonds. The number of ether oxygens (including phenoxy) is 1. The van der Waals surface area contributed by atoms with Gasteiger partial charge in [-0.1, -0.05) is 12.1 Å². The Bertz CT molecular complexity index is 677. The summed E-state index contributed by atoms with van der Waals surface area (Å²) >= 11 is 5.14. The number of carbonyl (C=O) groups excluding carboxylic acids is 1. The van der Waals surface area contributed by atoms with Crippen LogP contribution in [0.15, 0.2) is 18.2 Å². The van der Waals surface area contributed by atoms with Crippen LogP contribution in [0.5, 0.6) is 5.75 Å². The molecule has 3 atom stereocenters. The Hall–Kier alpha value is -2.22. The molecular formula is C13H13N3O4S. The highest BCUT2D eigenvalue weighted by Gasteiger charge is 2.54. The summed E-state index contributed by atoms with van der Waals surface area (Å²) in [5, 5.41) is 17.5. The maximum atomic E-state index is 12.0.